The molecular formula is C32H33N3O5. The molecule has 4 aromatic rings. The monoisotopic (exact) mass is 539 g/mol. The zero-order valence-electron chi connectivity index (χ0n) is 22.6. The van der Waals surface area contributed by atoms with Crippen molar-refractivity contribution >= 4 is 11.8 Å². The van der Waals surface area contributed by atoms with E-state index < -0.39 is 0 Å². The first-order valence-corrected chi connectivity index (χ1v) is 13.9. The molecule has 1 fully saturated rings. The van der Waals surface area contributed by atoms with Crippen molar-refractivity contribution in [2.75, 3.05) is 6.54 Å². The fraction of sp³-hybridized carbons (Fsp3) is 0.344. The van der Waals surface area contributed by atoms with Gasteiger partial charge in [0.25, 0.3) is 5.91 Å². The van der Waals surface area contributed by atoms with Crippen LogP contribution in [0.15, 0.2) is 76.0 Å². The maximum Gasteiger partial charge on any atom is 0.273 e. The Morgan fingerprint density at radius 2 is 1.90 bits per heavy atom. The molecule has 1 N–H and O–H groups in total. The summed E-state index contributed by atoms with van der Waals surface area (Å²) in [6.45, 7) is 3.12. The summed E-state index contributed by atoms with van der Waals surface area (Å²) in [5.74, 6) is 1.64. The highest BCUT2D eigenvalue weighted by atomic mass is 16.5. The van der Waals surface area contributed by atoms with Crippen molar-refractivity contribution in [1.29, 1.82) is 0 Å². The second-order valence-electron chi connectivity index (χ2n) is 10.6. The summed E-state index contributed by atoms with van der Waals surface area (Å²) in [6, 6.07) is 17.9. The van der Waals surface area contributed by atoms with Crippen LogP contribution in [0.2, 0.25) is 0 Å². The Morgan fingerprint density at radius 3 is 2.67 bits per heavy atom. The Bertz CT molecular complexity index is 1470. The van der Waals surface area contributed by atoms with E-state index in [1.165, 1.54) is 17.4 Å². The van der Waals surface area contributed by atoms with Gasteiger partial charge in [-0.25, -0.2) is 4.98 Å². The first kappa shape index (κ1) is 25.9. The number of amides is 2. The summed E-state index contributed by atoms with van der Waals surface area (Å²) in [6.07, 6.45) is 7.90. The summed E-state index contributed by atoms with van der Waals surface area (Å²) in [4.78, 5) is 32.4. The molecule has 0 bridgehead atoms. The van der Waals surface area contributed by atoms with Crippen LogP contribution in [-0.2, 0) is 24.4 Å². The maximum absolute atomic E-state index is 13.7. The molecule has 8 nitrogen and oxygen atoms in total. The van der Waals surface area contributed by atoms with E-state index in [1.807, 2.05) is 12.1 Å². The van der Waals surface area contributed by atoms with E-state index >= 15 is 0 Å². The number of carbonyl (C=O) groups excluding carboxylic acids is 2. The Morgan fingerprint density at radius 1 is 1.07 bits per heavy atom. The number of fused-ring (bicyclic) bond motifs is 1. The molecule has 2 aliphatic rings. The van der Waals surface area contributed by atoms with Gasteiger partial charge in [-0.05, 0) is 67.1 Å². The lowest BCUT2D eigenvalue weighted by Crippen LogP contribution is -2.43. The zero-order valence-corrected chi connectivity index (χ0v) is 22.6. The quantitative estimate of drug-likeness (QED) is 0.306. The second kappa shape index (κ2) is 11.4. The lowest BCUT2D eigenvalue weighted by molar-refractivity contribution is -0.137. The van der Waals surface area contributed by atoms with E-state index in [4.69, 9.17) is 13.6 Å². The minimum absolute atomic E-state index is 0.0736. The third kappa shape index (κ3) is 5.52. The summed E-state index contributed by atoms with van der Waals surface area (Å²) in [7, 11) is 0. The highest BCUT2D eigenvalue weighted by molar-refractivity contribution is 5.91. The molecule has 2 aromatic carbocycles. The van der Waals surface area contributed by atoms with Crippen molar-refractivity contribution < 1.29 is 23.2 Å². The van der Waals surface area contributed by atoms with Gasteiger partial charge < -0.3 is 23.8 Å². The number of aryl methyl sites for hydroxylation is 1. The summed E-state index contributed by atoms with van der Waals surface area (Å²) in [5.41, 5.74) is 4.78. The van der Waals surface area contributed by atoms with Crippen molar-refractivity contribution in [3.63, 3.8) is 0 Å². The molecule has 0 saturated heterocycles. The molecule has 2 amide bonds. The molecule has 0 unspecified atom stereocenters. The number of rotatable bonds is 8. The summed E-state index contributed by atoms with van der Waals surface area (Å²) >= 11 is 0. The molecule has 0 spiro atoms. The fourth-order valence-corrected chi connectivity index (χ4v) is 5.73. The van der Waals surface area contributed by atoms with Gasteiger partial charge in [0.15, 0.2) is 12.3 Å². The standard InChI is InChI=1S/C32H33N3O5/c1-21-8-10-23(11-9-21)30-27-17-25(13-12-22(27)14-15-35(30)32(37)24-5-2-3-6-24)39-20-29-34-28(19-40-29)31(36)33-18-26-7-4-16-38-26/h4,7-13,16-17,19,24,30H,2-3,5-6,14-15,18,20H2,1H3,(H,33,36)/t30-/m1/s1. The van der Waals surface area contributed by atoms with Gasteiger partial charge in [0.1, 0.15) is 17.8 Å². The molecule has 206 valence electrons. The van der Waals surface area contributed by atoms with Crippen LogP contribution in [0.5, 0.6) is 5.75 Å². The first-order valence-electron chi connectivity index (χ1n) is 13.9. The Kier molecular flexibility index (Phi) is 7.40. The van der Waals surface area contributed by atoms with E-state index in [1.54, 1.807) is 18.4 Å². The van der Waals surface area contributed by atoms with Crippen LogP contribution in [0, 0.1) is 12.8 Å². The van der Waals surface area contributed by atoms with Gasteiger partial charge in [-0.2, -0.15) is 0 Å². The number of hydrogen-bond acceptors (Lipinski definition) is 6. The van der Waals surface area contributed by atoms with Crippen LogP contribution in [-0.4, -0.2) is 28.2 Å². The average Bonchev–Trinajstić information content (AvgIpc) is 3.78. The van der Waals surface area contributed by atoms with E-state index in [9.17, 15) is 9.59 Å². The molecule has 40 heavy (non-hydrogen) atoms. The van der Waals surface area contributed by atoms with Crippen LogP contribution in [0.3, 0.4) is 0 Å². The Labute approximate surface area is 233 Å². The van der Waals surface area contributed by atoms with Crippen molar-refractivity contribution in [2.45, 2.75) is 58.2 Å². The van der Waals surface area contributed by atoms with E-state index in [0.29, 0.717) is 23.9 Å². The van der Waals surface area contributed by atoms with E-state index in [0.717, 1.165) is 43.2 Å². The molecule has 3 heterocycles. The predicted molar refractivity (Wildman–Crippen MR) is 148 cm³/mol. The lowest BCUT2D eigenvalue weighted by atomic mass is 9.86. The van der Waals surface area contributed by atoms with E-state index in [2.05, 4.69) is 52.5 Å². The van der Waals surface area contributed by atoms with Crippen LogP contribution < -0.4 is 10.1 Å². The zero-order chi connectivity index (χ0) is 27.5. The normalized spacial score (nSPS) is 17.0. The van der Waals surface area contributed by atoms with Gasteiger partial charge in [-0.3, -0.25) is 9.59 Å². The fourth-order valence-electron chi connectivity index (χ4n) is 5.73. The van der Waals surface area contributed by atoms with Gasteiger partial charge in [0.2, 0.25) is 11.8 Å². The molecule has 0 radical (unpaired) electrons. The molecule has 8 heteroatoms. The van der Waals surface area contributed by atoms with Crippen LogP contribution in [0.1, 0.15) is 76.1 Å². The maximum atomic E-state index is 13.7. The number of aromatic nitrogens is 1. The molecule has 1 atom stereocenters. The smallest absolute Gasteiger partial charge is 0.273 e. The largest absolute Gasteiger partial charge is 0.484 e. The van der Waals surface area contributed by atoms with Crippen molar-refractivity contribution in [2.24, 2.45) is 5.92 Å². The van der Waals surface area contributed by atoms with Gasteiger partial charge in [-0.15, -0.1) is 0 Å². The molecule has 1 saturated carbocycles. The Hall–Kier alpha value is -4.33. The number of nitrogens with one attached hydrogen (secondary N) is 1. The number of hydrogen-bond donors (Lipinski definition) is 1. The van der Waals surface area contributed by atoms with Gasteiger partial charge >= 0.3 is 0 Å². The third-order valence-electron chi connectivity index (χ3n) is 7.88. The van der Waals surface area contributed by atoms with Gasteiger partial charge in [0, 0.05) is 12.5 Å². The van der Waals surface area contributed by atoms with E-state index in [-0.39, 0.29) is 42.6 Å². The molecular weight excluding hydrogens is 506 g/mol. The third-order valence-corrected chi connectivity index (χ3v) is 7.88. The minimum atomic E-state index is -0.354. The van der Waals surface area contributed by atoms with Gasteiger partial charge in [-0.1, -0.05) is 48.7 Å². The number of benzene rings is 2. The summed E-state index contributed by atoms with van der Waals surface area (Å²) in [5, 5.41) is 2.75. The highest BCUT2D eigenvalue weighted by Crippen LogP contribution is 2.39. The first-order chi connectivity index (χ1) is 19.5. The van der Waals surface area contributed by atoms with Crippen molar-refractivity contribution in [3.8, 4) is 5.75 Å². The second-order valence-corrected chi connectivity index (χ2v) is 10.6. The summed E-state index contributed by atoms with van der Waals surface area (Å²) < 4.78 is 16.8. The molecule has 2 aromatic heterocycles. The number of oxazole rings is 1. The van der Waals surface area contributed by atoms with Crippen LogP contribution >= 0.6 is 0 Å². The van der Waals surface area contributed by atoms with Crippen molar-refractivity contribution in [1.82, 2.24) is 15.2 Å². The number of ether oxygens (including phenoxy) is 1. The van der Waals surface area contributed by atoms with Crippen LogP contribution in [0.25, 0.3) is 0 Å². The lowest BCUT2D eigenvalue weighted by Gasteiger charge is -2.39. The topological polar surface area (TPSA) is 97.8 Å². The predicted octanol–water partition coefficient (Wildman–Crippen LogP) is 5.75. The number of carbonyl (C=O) groups is 2. The number of nitrogens with zero attached hydrogens (tertiary/aromatic N) is 2. The SMILES string of the molecule is Cc1ccc([C@@H]2c3cc(OCc4nc(C(=O)NCc5ccco5)co4)ccc3CCN2C(=O)C2CCCC2)cc1. The Balaban J connectivity index is 1.19. The molecule has 1 aliphatic carbocycles. The van der Waals surface area contributed by atoms with Crippen LogP contribution in [0.4, 0.5) is 0 Å². The average molecular weight is 540 g/mol. The minimum Gasteiger partial charge on any atom is -0.484 e. The highest BCUT2D eigenvalue weighted by Gasteiger charge is 2.36. The van der Waals surface area contributed by atoms with Crippen molar-refractivity contribution in [3.05, 3.63) is 107 Å². The number of furan rings is 1. The molecule has 1 aliphatic heterocycles. The molecule has 6 rings (SSSR count). The van der Waals surface area contributed by atoms with Gasteiger partial charge in [0.05, 0.1) is 18.8 Å².